The maximum atomic E-state index is 13.5. The summed E-state index contributed by atoms with van der Waals surface area (Å²) in [7, 11) is 5.50. The molecule has 4 aromatic rings. The van der Waals surface area contributed by atoms with Crippen LogP contribution in [0.5, 0.6) is 11.5 Å². The Hall–Kier alpha value is -4.87. The van der Waals surface area contributed by atoms with E-state index in [1.165, 1.54) is 24.8 Å². The van der Waals surface area contributed by atoms with Crippen LogP contribution in [-0.2, 0) is 26.2 Å². The number of aryl methyl sites for hydroxylation is 3. The van der Waals surface area contributed by atoms with Crippen LogP contribution in [0.1, 0.15) is 102 Å². The summed E-state index contributed by atoms with van der Waals surface area (Å²) in [4.78, 5) is 60.4. The largest absolute Gasteiger partial charge is 0.496 e. The first-order valence-corrected chi connectivity index (χ1v) is 23.2. The highest BCUT2D eigenvalue weighted by Gasteiger charge is 2.51. The molecule has 0 spiro atoms. The fourth-order valence-corrected chi connectivity index (χ4v) is 8.85. The number of ether oxygens (including phenoxy) is 2. The lowest BCUT2D eigenvalue weighted by Gasteiger charge is -2.21. The van der Waals surface area contributed by atoms with Crippen molar-refractivity contribution in [1.82, 2.24) is 45.0 Å². The first-order valence-electron chi connectivity index (χ1n) is 21.4. The molecule has 15 nitrogen and oxygen atoms in total. The van der Waals surface area contributed by atoms with Crippen molar-refractivity contribution in [3.63, 3.8) is 0 Å². The SMILES string of the molecule is COc1ccc2c(O[C@@H]3CC(C(=O)N[C@]4(C)C[C@H]4/C=C\CCCCC[C@@H](C=O)NC=O)N(C)C3)cc(-c3nc(C(C)C)cs3)nc2c1C.Cc1ncn(C)n1.O=CNSC1CC1. The Kier molecular flexibility index (Phi) is 17.9. The molecule has 4 heterocycles. The highest BCUT2D eigenvalue weighted by atomic mass is 32.2. The second-order valence-corrected chi connectivity index (χ2v) is 18.8. The average Bonchev–Trinajstić information content (AvgIpc) is 3.98. The summed E-state index contributed by atoms with van der Waals surface area (Å²) in [5.74, 6) is 3.02. The minimum atomic E-state index is -0.390. The zero-order valence-corrected chi connectivity index (χ0v) is 38.9. The molecule has 0 bridgehead atoms. The lowest BCUT2D eigenvalue weighted by atomic mass is 10.1. The number of carbonyl (C=O) groups excluding carboxylic acids is 4. The lowest BCUT2D eigenvalue weighted by molar-refractivity contribution is -0.126. The van der Waals surface area contributed by atoms with Gasteiger partial charge in [-0.1, -0.05) is 38.8 Å². The molecule has 3 fully saturated rings. The van der Waals surface area contributed by atoms with E-state index in [4.69, 9.17) is 19.4 Å². The van der Waals surface area contributed by atoms with Crippen LogP contribution >= 0.6 is 23.3 Å². The van der Waals surface area contributed by atoms with E-state index in [9.17, 15) is 19.2 Å². The van der Waals surface area contributed by atoms with Crippen LogP contribution in [0.25, 0.3) is 21.6 Å². The average molecular weight is 890 g/mol. The molecule has 1 aromatic carbocycles. The van der Waals surface area contributed by atoms with Crippen molar-refractivity contribution >= 4 is 59.2 Å². The third kappa shape index (κ3) is 13.8. The van der Waals surface area contributed by atoms with Crippen molar-refractivity contribution in [2.45, 2.75) is 127 Å². The normalized spacial score (nSPS) is 21.0. The zero-order valence-electron chi connectivity index (χ0n) is 37.3. The third-order valence-corrected chi connectivity index (χ3v) is 13.2. The number of carbonyl (C=O) groups is 4. The molecule has 7 rings (SSSR count). The monoisotopic (exact) mass is 889 g/mol. The highest BCUT2D eigenvalue weighted by Crippen LogP contribution is 2.45. The van der Waals surface area contributed by atoms with E-state index in [1.54, 1.807) is 29.5 Å². The molecule has 17 heteroatoms. The van der Waals surface area contributed by atoms with Gasteiger partial charge in [0, 0.05) is 59.1 Å². The van der Waals surface area contributed by atoms with Crippen LogP contribution in [-0.4, -0.2) is 104 Å². The number of rotatable bonds is 20. The van der Waals surface area contributed by atoms with Gasteiger partial charge in [-0.2, -0.15) is 5.10 Å². The Bertz CT molecular complexity index is 2120. The number of amides is 3. The number of aromatic nitrogens is 5. The van der Waals surface area contributed by atoms with Crippen molar-refractivity contribution in [2.24, 2.45) is 13.0 Å². The Morgan fingerprint density at radius 1 is 1.08 bits per heavy atom. The van der Waals surface area contributed by atoms with Crippen molar-refractivity contribution < 1.29 is 28.7 Å². The third-order valence-electron chi connectivity index (χ3n) is 11.2. The van der Waals surface area contributed by atoms with E-state index < -0.39 is 0 Å². The van der Waals surface area contributed by atoms with Crippen LogP contribution in [0.3, 0.4) is 0 Å². The van der Waals surface area contributed by atoms with Crippen LogP contribution in [0, 0.1) is 19.8 Å². The van der Waals surface area contributed by atoms with Crippen LogP contribution in [0.4, 0.5) is 0 Å². The van der Waals surface area contributed by atoms with Gasteiger partial charge in [0.05, 0.1) is 30.4 Å². The van der Waals surface area contributed by atoms with Crippen LogP contribution in [0.2, 0.25) is 0 Å². The van der Waals surface area contributed by atoms with Gasteiger partial charge in [0.15, 0.2) is 0 Å². The predicted molar refractivity (Wildman–Crippen MR) is 245 cm³/mol. The molecule has 0 radical (unpaired) electrons. The molecule has 2 saturated carbocycles. The van der Waals surface area contributed by atoms with Gasteiger partial charge in [-0.05, 0) is 96.3 Å². The molecule has 336 valence electrons. The minimum Gasteiger partial charge on any atom is -0.496 e. The van der Waals surface area contributed by atoms with Crippen LogP contribution < -0.4 is 24.8 Å². The van der Waals surface area contributed by atoms with Gasteiger partial charge in [0.2, 0.25) is 18.7 Å². The molecular weight excluding hydrogens is 827 g/mol. The molecule has 3 aromatic heterocycles. The second kappa shape index (κ2) is 23.0. The number of methoxy groups -OCH3 is 1. The lowest BCUT2D eigenvalue weighted by Crippen LogP contribution is -2.46. The van der Waals surface area contributed by atoms with Gasteiger partial charge in [-0.3, -0.25) is 24.0 Å². The fourth-order valence-electron chi connectivity index (χ4n) is 7.29. The van der Waals surface area contributed by atoms with Gasteiger partial charge in [0.25, 0.3) is 0 Å². The number of pyridine rings is 1. The van der Waals surface area contributed by atoms with E-state index in [1.807, 2.05) is 46.1 Å². The zero-order chi connectivity index (χ0) is 44.8. The number of fused-ring (bicyclic) bond motifs is 1. The number of likely N-dealkylation sites (tertiary alicyclic amines) is 1. The van der Waals surface area contributed by atoms with Crippen molar-refractivity contribution in [3.05, 3.63) is 59.1 Å². The quantitative estimate of drug-likeness (QED) is 0.0373. The molecule has 3 N–H and O–H groups in total. The van der Waals surface area contributed by atoms with E-state index in [-0.39, 0.29) is 29.6 Å². The smallest absolute Gasteiger partial charge is 0.237 e. The predicted octanol–water partition coefficient (Wildman–Crippen LogP) is 6.63. The van der Waals surface area contributed by atoms with E-state index >= 15 is 0 Å². The summed E-state index contributed by atoms with van der Waals surface area (Å²) < 4.78 is 16.5. The topological polar surface area (TPSA) is 183 Å². The van der Waals surface area contributed by atoms with Gasteiger partial charge >= 0.3 is 0 Å². The van der Waals surface area contributed by atoms with Gasteiger partial charge in [-0.25, -0.2) is 15.0 Å². The number of thiazole rings is 1. The Morgan fingerprint density at radius 3 is 2.48 bits per heavy atom. The summed E-state index contributed by atoms with van der Waals surface area (Å²) in [5.41, 5.74) is 3.34. The number of hydrogen-bond donors (Lipinski definition) is 3. The molecular formula is C45H63N9O6S2. The number of benzene rings is 1. The number of allylic oxidation sites excluding steroid dienone is 1. The molecule has 2 aliphatic carbocycles. The molecule has 3 aliphatic rings. The number of nitrogens with zero attached hydrogens (tertiary/aromatic N) is 6. The molecule has 5 atom stereocenters. The van der Waals surface area contributed by atoms with Crippen molar-refractivity contribution in [3.8, 4) is 22.2 Å². The number of unbranched alkanes of at least 4 members (excludes halogenated alkanes) is 3. The molecule has 62 heavy (non-hydrogen) atoms. The highest BCUT2D eigenvalue weighted by molar-refractivity contribution is 7.98. The molecule has 1 aliphatic heterocycles. The Balaban J connectivity index is 0.000000437. The van der Waals surface area contributed by atoms with E-state index in [0.29, 0.717) is 37.6 Å². The number of aldehydes is 1. The van der Waals surface area contributed by atoms with E-state index in [0.717, 1.165) is 100 Å². The summed E-state index contributed by atoms with van der Waals surface area (Å²) in [5, 5.41) is 14.4. The minimum absolute atomic E-state index is 0.0422. The van der Waals surface area contributed by atoms with Crippen LogP contribution in [0.15, 0.2) is 42.1 Å². The van der Waals surface area contributed by atoms with E-state index in [2.05, 4.69) is 68.6 Å². The number of likely N-dealkylation sites (N-methyl/N-ethyl adjacent to an activating group) is 1. The summed E-state index contributed by atoms with van der Waals surface area (Å²) in [6.45, 7) is 10.9. The molecule has 1 saturated heterocycles. The molecule has 3 amide bonds. The second-order valence-electron chi connectivity index (χ2n) is 16.8. The maximum Gasteiger partial charge on any atom is 0.237 e. The van der Waals surface area contributed by atoms with Gasteiger partial charge in [0.1, 0.15) is 46.7 Å². The van der Waals surface area contributed by atoms with Crippen molar-refractivity contribution in [1.29, 1.82) is 0 Å². The first kappa shape index (κ1) is 48.2. The first-order chi connectivity index (χ1) is 29.8. The van der Waals surface area contributed by atoms with Gasteiger partial charge in [-0.15, -0.1) is 11.3 Å². The summed E-state index contributed by atoms with van der Waals surface area (Å²) in [6.07, 6.45) is 16.6. The maximum absolute atomic E-state index is 13.5. The van der Waals surface area contributed by atoms with Gasteiger partial charge < -0.3 is 29.6 Å². The number of nitrogens with one attached hydrogen (secondary N) is 3. The number of hydrogen-bond acceptors (Lipinski definition) is 13. The Morgan fingerprint density at radius 2 is 1.87 bits per heavy atom. The van der Waals surface area contributed by atoms with Crippen molar-refractivity contribution in [2.75, 3.05) is 20.7 Å². The standard InChI is InChI=1S/C37H49N5O5S.C4H7N3.C4H7NOS/c1-23(2)30-21-48-36(40-30)29-17-33(28-14-15-32(46-6)24(3)34(28)39-29)47-27-16-31(42(5)19-27)35(45)41-37(4)18-25(37)12-10-8-7-9-11-13-26(20-43)38-22-44;1-4-5-3-7(2)6-4;6-3-5-7-4-1-2-4/h10,12,14-15,17,20-23,25-27,31H,7-9,11,13,16,18-19H2,1-6H3,(H,38,44)(H,41,45);3H,1-2H3;3-4H,1-2H2,(H,5,6)/b12-10-;;/t25-,26+,27-,31?,37-;;/m1../s1. The Labute approximate surface area is 373 Å². The summed E-state index contributed by atoms with van der Waals surface area (Å²) in [6, 6.07) is 5.27. The fraction of sp³-hybridized carbons (Fsp3) is 0.556. The summed E-state index contributed by atoms with van der Waals surface area (Å²) >= 11 is 3.11. The molecule has 1 unspecified atom stereocenters.